The second kappa shape index (κ2) is 5.61. The van der Waals surface area contributed by atoms with Crippen molar-refractivity contribution in [3.63, 3.8) is 0 Å². The van der Waals surface area contributed by atoms with Gasteiger partial charge in [-0.15, -0.1) is 0 Å². The number of imidazole rings is 1. The minimum absolute atomic E-state index is 0.353. The number of aromatic nitrogens is 3. The van der Waals surface area contributed by atoms with Gasteiger partial charge in [-0.25, -0.2) is 4.98 Å². The first-order valence-corrected chi connectivity index (χ1v) is 7.23. The Balaban J connectivity index is 1.83. The Labute approximate surface area is 124 Å². The lowest BCUT2D eigenvalue weighted by Crippen LogP contribution is -2.36. The fraction of sp³-hybridized carbons (Fsp3) is 0.600. The lowest BCUT2D eigenvalue weighted by molar-refractivity contribution is 0.132. The summed E-state index contributed by atoms with van der Waals surface area (Å²) in [4.78, 5) is 6.93. The van der Waals surface area contributed by atoms with Gasteiger partial charge in [-0.05, 0) is 13.8 Å². The molecule has 1 aliphatic heterocycles. The van der Waals surface area contributed by atoms with Gasteiger partial charge in [0.25, 0.3) is 0 Å². The van der Waals surface area contributed by atoms with E-state index in [-0.39, 0.29) is 0 Å². The molecule has 0 spiro atoms. The van der Waals surface area contributed by atoms with Gasteiger partial charge in [-0.1, -0.05) is 5.16 Å². The Morgan fingerprint density at radius 2 is 2.24 bits per heavy atom. The van der Waals surface area contributed by atoms with Crippen LogP contribution in [0.5, 0.6) is 0 Å². The molecular weight excluding hydrogens is 268 g/mol. The average molecular weight is 290 g/mol. The molecule has 21 heavy (non-hydrogen) atoms. The molecule has 0 amide bonds. The smallest absolute Gasteiger partial charge is 0.138 e. The van der Waals surface area contributed by atoms with E-state index >= 15 is 0 Å². The van der Waals surface area contributed by atoms with Crippen molar-refractivity contribution in [1.29, 1.82) is 0 Å². The van der Waals surface area contributed by atoms with Crippen molar-refractivity contribution in [3.05, 3.63) is 34.7 Å². The van der Waals surface area contributed by atoms with Gasteiger partial charge in [0.2, 0.25) is 0 Å². The number of methoxy groups -OCH3 is 1. The Morgan fingerprint density at radius 3 is 2.90 bits per heavy atom. The number of ether oxygens (including phenoxy) is 1. The Kier molecular flexibility index (Phi) is 3.82. The summed E-state index contributed by atoms with van der Waals surface area (Å²) in [5.41, 5.74) is 4.61. The van der Waals surface area contributed by atoms with Crippen molar-refractivity contribution < 1.29 is 9.26 Å². The SMILES string of the molecule is COCC1CN(Cc2c(C)noc2C)Cc2ncn(C)c21. The molecule has 2 aromatic rings. The summed E-state index contributed by atoms with van der Waals surface area (Å²) < 4.78 is 12.8. The first-order valence-electron chi connectivity index (χ1n) is 7.23. The molecule has 6 nitrogen and oxygen atoms in total. The summed E-state index contributed by atoms with van der Waals surface area (Å²) in [6.45, 7) is 7.35. The zero-order valence-electron chi connectivity index (χ0n) is 13.1. The molecule has 1 atom stereocenters. The standard InChI is InChI=1S/C15H22N4O2/c1-10-13(11(2)21-17-10)6-19-5-12(8-20-4)15-14(7-19)16-9-18(15)3/h9,12H,5-8H2,1-4H3. The number of hydrogen-bond acceptors (Lipinski definition) is 5. The van der Waals surface area contributed by atoms with E-state index in [1.807, 2.05) is 20.2 Å². The third-order valence-corrected chi connectivity index (χ3v) is 4.23. The van der Waals surface area contributed by atoms with Crippen LogP contribution in [0.15, 0.2) is 10.9 Å². The molecule has 0 aromatic carbocycles. The van der Waals surface area contributed by atoms with Gasteiger partial charge in [-0.2, -0.15) is 0 Å². The van der Waals surface area contributed by atoms with Crippen molar-refractivity contribution in [2.75, 3.05) is 20.3 Å². The lowest BCUT2D eigenvalue weighted by Gasteiger charge is -2.32. The van der Waals surface area contributed by atoms with Crippen LogP contribution >= 0.6 is 0 Å². The summed E-state index contributed by atoms with van der Waals surface area (Å²) in [5, 5.41) is 4.04. The zero-order chi connectivity index (χ0) is 15.0. The van der Waals surface area contributed by atoms with E-state index in [0.29, 0.717) is 12.5 Å². The van der Waals surface area contributed by atoms with Crippen LogP contribution in [0.1, 0.15) is 34.3 Å². The zero-order valence-corrected chi connectivity index (χ0v) is 13.1. The number of nitrogens with zero attached hydrogens (tertiary/aromatic N) is 4. The van der Waals surface area contributed by atoms with Crippen molar-refractivity contribution in [2.45, 2.75) is 32.9 Å². The summed E-state index contributed by atoms with van der Waals surface area (Å²) in [6, 6.07) is 0. The molecule has 0 fully saturated rings. The van der Waals surface area contributed by atoms with Gasteiger partial charge < -0.3 is 13.8 Å². The maximum Gasteiger partial charge on any atom is 0.138 e. The van der Waals surface area contributed by atoms with Crippen LogP contribution in [0.4, 0.5) is 0 Å². The van der Waals surface area contributed by atoms with E-state index < -0.39 is 0 Å². The summed E-state index contributed by atoms with van der Waals surface area (Å²) in [5.74, 6) is 1.26. The van der Waals surface area contributed by atoms with Crippen LogP contribution in [0.2, 0.25) is 0 Å². The summed E-state index contributed by atoms with van der Waals surface area (Å²) in [7, 11) is 3.81. The minimum Gasteiger partial charge on any atom is -0.384 e. The van der Waals surface area contributed by atoms with Gasteiger partial charge in [0, 0.05) is 51.0 Å². The third-order valence-electron chi connectivity index (χ3n) is 4.23. The Hall–Kier alpha value is -1.66. The number of hydrogen-bond donors (Lipinski definition) is 0. The van der Waals surface area contributed by atoms with Crippen LogP contribution in [0, 0.1) is 13.8 Å². The number of aryl methyl sites for hydroxylation is 3. The minimum atomic E-state index is 0.353. The molecule has 3 rings (SSSR count). The fourth-order valence-electron chi connectivity index (χ4n) is 3.21. The predicted octanol–water partition coefficient (Wildman–Crippen LogP) is 1.77. The molecular formula is C15H22N4O2. The maximum absolute atomic E-state index is 5.39. The maximum atomic E-state index is 5.39. The second-order valence-corrected chi connectivity index (χ2v) is 5.81. The van der Waals surface area contributed by atoms with E-state index in [2.05, 4.69) is 26.7 Å². The van der Waals surface area contributed by atoms with E-state index in [0.717, 1.165) is 36.8 Å². The largest absolute Gasteiger partial charge is 0.384 e. The molecule has 0 aliphatic carbocycles. The molecule has 0 saturated carbocycles. The fourth-order valence-corrected chi connectivity index (χ4v) is 3.21. The molecule has 0 bridgehead atoms. The van der Waals surface area contributed by atoms with E-state index in [1.54, 1.807) is 7.11 Å². The Bertz CT molecular complexity index is 612. The highest BCUT2D eigenvalue weighted by Gasteiger charge is 2.29. The molecule has 0 N–H and O–H groups in total. The van der Waals surface area contributed by atoms with Gasteiger partial charge in [-0.3, -0.25) is 4.90 Å². The van der Waals surface area contributed by atoms with E-state index in [4.69, 9.17) is 9.26 Å². The monoisotopic (exact) mass is 290 g/mol. The van der Waals surface area contributed by atoms with Gasteiger partial charge in [0.15, 0.2) is 0 Å². The van der Waals surface area contributed by atoms with Crippen LogP contribution in [-0.4, -0.2) is 39.9 Å². The molecule has 0 saturated heterocycles. The van der Waals surface area contributed by atoms with Crippen LogP contribution in [0.3, 0.4) is 0 Å². The third kappa shape index (κ3) is 2.61. The summed E-state index contributed by atoms with van der Waals surface area (Å²) in [6.07, 6.45) is 1.90. The van der Waals surface area contributed by atoms with Crippen LogP contribution in [0.25, 0.3) is 0 Å². The van der Waals surface area contributed by atoms with Crippen molar-refractivity contribution >= 4 is 0 Å². The first-order chi connectivity index (χ1) is 10.1. The van der Waals surface area contributed by atoms with Gasteiger partial charge in [0.1, 0.15) is 5.76 Å². The van der Waals surface area contributed by atoms with Gasteiger partial charge in [0.05, 0.1) is 24.3 Å². The molecule has 6 heteroatoms. The molecule has 114 valence electrons. The molecule has 3 heterocycles. The molecule has 1 unspecified atom stereocenters. The normalized spacial score (nSPS) is 19.0. The lowest BCUT2D eigenvalue weighted by atomic mass is 9.98. The molecule has 1 aliphatic rings. The summed E-state index contributed by atoms with van der Waals surface area (Å²) >= 11 is 0. The van der Waals surface area contributed by atoms with Crippen molar-refractivity contribution in [2.24, 2.45) is 7.05 Å². The highest BCUT2D eigenvalue weighted by atomic mass is 16.5. The highest BCUT2D eigenvalue weighted by Crippen LogP contribution is 2.29. The predicted molar refractivity (Wildman–Crippen MR) is 77.9 cm³/mol. The quantitative estimate of drug-likeness (QED) is 0.859. The Morgan fingerprint density at radius 1 is 1.43 bits per heavy atom. The van der Waals surface area contributed by atoms with E-state index in [1.165, 1.54) is 11.3 Å². The number of rotatable bonds is 4. The number of fused-ring (bicyclic) bond motifs is 1. The average Bonchev–Trinajstić information content (AvgIpc) is 2.97. The van der Waals surface area contributed by atoms with Crippen LogP contribution < -0.4 is 0 Å². The topological polar surface area (TPSA) is 56.3 Å². The van der Waals surface area contributed by atoms with Gasteiger partial charge >= 0.3 is 0 Å². The van der Waals surface area contributed by atoms with Crippen molar-refractivity contribution in [1.82, 2.24) is 19.6 Å². The molecule has 2 aromatic heterocycles. The second-order valence-electron chi connectivity index (χ2n) is 5.81. The van der Waals surface area contributed by atoms with E-state index in [9.17, 15) is 0 Å². The first kappa shape index (κ1) is 14.3. The van der Waals surface area contributed by atoms with Crippen molar-refractivity contribution in [3.8, 4) is 0 Å². The highest BCUT2D eigenvalue weighted by molar-refractivity contribution is 5.24. The van der Waals surface area contributed by atoms with Crippen LogP contribution in [-0.2, 0) is 24.9 Å². The molecule has 0 radical (unpaired) electrons.